The lowest BCUT2D eigenvalue weighted by Crippen LogP contribution is -2.48. The Morgan fingerprint density at radius 2 is 1.80 bits per heavy atom. The summed E-state index contributed by atoms with van der Waals surface area (Å²) in [4.78, 5) is 12.2. The maximum absolute atomic E-state index is 12.2. The lowest BCUT2D eigenvalue weighted by atomic mass is 9.88. The fourth-order valence-electron chi connectivity index (χ4n) is 4.31. The summed E-state index contributed by atoms with van der Waals surface area (Å²) in [6.45, 7) is 0.759. The molecule has 1 saturated heterocycles. The van der Waals surface area contributed by atoms with Gasteiger partial charge in [-0.2, -0.15) is 0 Å². The molecule has 0 aromatic heterocycles. The van der Waals surface area contributed by atoms with Gasteiger partial charge in [0.2, 0.25) is 5.91 Å². The number of amides is 1. The number of hydrogen-bond donors (Lipinski definition) is 2. The lowest BCUT2D eigenvalue weighted by molar-refractivity contribution is -0.129. The van der Waals surface area contributed by atoms with E-state index in [1.54, 1.807) is 0 Å². The van der Waals surface area contributed by atoms with Crippen LogP contribution in [0, 0.1) is 0 Å². The summed E-state index contributed by atoms with van der Waals surface area (Å²) in [6.07, 6.45) is 10.6. The first kappa shape index (κ1) is 14.3. The van der Waals surface area contributed by atoms with Gasteiger partial charge in [0.15, 0.2) is 0 Å². The number of nitrogens with one attached hydrogen (secondary N) is 1. The van der Waals surface area contributed by atoms with Crippen LogP contribution in [0.2, 0.25) is 0 Å². The largest absolute Gasteiger partial charge is 0.389 e. The maximum Gasteiger partial charge on any atom is 0.223 e. The van der Waals surface area contributed by atoms with Crippen molar-refractivity contribution in [2.45, 2.75) is 87.9 Å². The zero-order valence-corrected chi connectivity index (χ0v) is 12.3. The zero-order chi connectivity index (χ0) is 14.1. The summed E-state index contributed by atoms with van der Waals surface area (Å²) in [5.74, 6) is 0.0226. The minimum atomic E-state index is -0.736. The van der Waals surface area contributed by atoms with E-state index in [0.29, 0.717) is 0 Å². The maximum atomic E-state index is 12.2. The third-order valence-electron chi connectivity index (χ3n) is 5.40. The van der Waals surface area contributed by atoms with Crippen molar-refractivity contribution < 1.29 is 14.6 Å². The van der Waals surface area contributed by atoms with Crippen LogP contribution in [0.15, 0.2) is 0 Å². The molecule has 3 rings (SSSR count). The molecule has 1 heterocycles. The Morgan fingerprint density at radius 3 is 2.50 bits per heavy atom. The van der Waals surface area contributed by atoms with Crippen LogP contribution in [-0.2, 0) is 9.53 Å². The summed E-state index contributed by atoms with van der Waals surface area (Å²) in [6, 6.07) is 0.236. The molecular weight excluding hydrogens is 254 g/mol. The Bertz CT molecular complexity index is 357. The van der Waals surface area contributed by atoms with E-state index in [-0.39, 0.29) is 24.0 Å². The highest BCUT2D eigenvalue weighted by atomic mass is 16.5. The molecule has 1 aliphatic heterocycles. The summed E-state index contributed by atoms with van der Waals surface area (Å²) >= 11 is 0. The van der Waals surface area contributed by atoms with Gasteiger partial charge in [0, 0.05) is 12.6 Å². The van der Waals surface area contributed by atoms with Crippen molar-refractivity contribution >= 4 is 5.91 Å². The van der Waals surface area contributed by atoms with Gasteiger partial charge in [-0.15, -0.1) is 0 Å². The molecule has 2 saturated carbocycles. The Balaban J connectivity index is 1.50. The molecule has 1 amide bonds. The molecule has 1 atom stereocenters. The summed E-state index contributed by atoms with van der Waals surface area (Å²) in [5.41, 5.74) is -0.694. The molecule has 4 heteroatoms. The van der Waals surface area contributed by atoms with Crippen LogP contribution in [0.25, 0.3) is 0 Å². The second-order valence-electron chi connectivity index (χ2n) is 7.10. The molecule has 1 unspecified atom stereocenters. The Morgan fingerprint density at radius 1 is 1.15 bits per heavy atom. The van der Waals surface area contributed by atoms with Crippen molar-refractivity contribution in [2.75, 3.05) is 6.61 Å². The van der Waals surface area contributed by atoms with Gasteiger partial charge in [0.05, 0.1) is 17.6 Å². The average Bonchev–Trinajstić information content (AvgIpc) is 2.99. The Kier molecular flexibility index (Phi) is 4.04. The summed E-state index contributed by atoms with van der Waals surface area (Å²) in [5, 5.41) is 13.5. The number of rotatable bonds is 3. The van der Waals surface area contributed by atoms with Crippen molar-refractivity contribution in [3.8, 4) is 0 Å². The molecule has 2 N–H and O–H groups in total. The first-order valence-electron chi connectivity index (χ1n) is 8.25. The van der Waals surface area contributed by atoms with E-state index < -0.39 is 5.60 Å². The normalized spacial score (nSPS) is 31.6. The summed E-state index contributed by atoms with van der Waals surface area (Å²) in [7, 11) is 0. The van der Waals surface area contributed by atoms with Crippen LogP contribution < -0.4 is 5.32 Å². The fourth-order valence-corrected chi connectivity index (χ4v) is 4.31. The van der Waals surface area contributed by atoms with Crippen LogP contribution in [-0.4, -0.2) is 34.9 Å². The first-order valence-corrected chi connectivity index (χ1v) is 8.25. The van der Waals surface area contributed by atoms with Crippen LogP contribution in [0.5, 0.6) is 0 Å². The highest BCUT2D eigenvalue weighted by Crippen LogP contribution is 2.40. The molecule has 0 aromatic carbocycles. The molecule has 0 radical (unpaired) electrons. The number of hydrogen-bond acceptors (Lipinski definition) is 3. The van der Waals surface area contributed by atoms with Gasteiger partial charge in [-0.05, 0) is 38.5 Å². The van der Waals surface area contributed by atoms with E-state index in [4.69, 9.17) is 4.74 Å². The molecule has 114 valence electrons. The van der Waals surface area contributed by atoms with E-state index in [2.05, 4.69) is 5.32 Å². The predicted octanol–water partition coefficient (Wildman–Crippen LogP) is 2.29. The Hall–Kier alpha value is -0.610. The van der Waals surface area contributed by atoms with Gasteiger partial charge in [-0.3, -0.25) is 4.79 Å². The number of carbonyl (C=O) groups excluding carboxylic acids is 1. The van der Waals surface area contributed by atoms with Gasteiger partial charge >= 0.3 is 0 Å². The van der Waals surface area contributed by atoms with Gasteiger partial charge < -0.3 is 15.2 Å². The van der Waals surface area contributed by atoms with E-state index in [0.717, 1.165) is 58.0 Å². The molecular formula is C16H27NO3. The van der Waals surface area contributed by atoms with E-state index in [9.17, 15) is 9.90 Å². The summed E-state index contributed by atoms with van der Waals surface area (Å²) < 4.78 is 5.99. The number of ether oxygens (including phenoxy) is 1. The van der Waals surface area contributed by atoms with Crippen LogP contribution in [0.4, 0.5) is 0 Å². The smallest absolute Gasteiger partial charge is 0.223 e. The molecule has 4 nitrogen and oxygen atoms in total. The monoisotopic (exact) mass is 281 g/mol. The molecule has 1 spiro atoms. The highest BCUT2D eigenvalue weighted by Gasteiger charge is 2.41. The highest BCUT2D eigenvalue weighted by molar-refractivity contribution is 5.77. The fraction of sp³-hybridized carbons (Fsp3) is 0.938. The van der Waals surface area contributed by atoms with Crippen molar-refractivity contribution in [2.24, 2.45) is 0 Å². The molecule has 3 fully saturated rings. The van der Waals surface area contributed by atoms with Crippen LogP contribution in [0.3, 0.4) is 0 Å². The van der Waals surface area contributed by atoms with Crippen LogP contribution in [0.1, 0.15) is 70.6 Å². The SMILES string of the molecule is O=C(CC1(O)CCCC1)NC1CCOC2(CCCC2)C1. The van der Waals surface area contributed by atoms with Gasteiger partial charge in [-0.25, -0.2) is 0 Å². The van der Waals surface area contributed by atoms with Gasteiger partial charge in [-0.1, -0.05) is 25.7 Å². The third kappa shape index (κ3) is 3.17. The van der Waals surface area contributed by atoms with E-state index in [1.165, 1.54) is 12.8 Å². The molecule has 2 aliphatic carbocycles. The third-order valence-corrected chi connectivity index (χ3v) is 5.40. The van der Waals surface area contributed by atoms with Crippen LogP contribution >= 0.6 is 0 Å². The second-order valence-corrected chi connectivity index (χ2v) is 7.10. The van der Waals surface area contributed by atoms with Crippen molar-refractivity contribution in [1.29, 1.82) is 0 Å². The molecule has 3 aliphatic rings. The van der Waals surface area contributed by atoms with Crippen molar-refractivity contribution in [3.05, 3.63) is 0 Å². The molecule has 20 heavy (non-hydrogen) atoms. The standard InChI is InChI=1S/C16H27NO3/c18-14(12-15(19)6-1-2-7-15)17-13-5-10-20-16(11-13)8-3-4-9-16/h13,19H,1-12H2,(H,17,18). The number of carbonyl (C=O) groups is 1. The Labute approximate surface area is 121 Å². The zero-order valence-electron chi connectivity index (χ0n) is 12.3. The first-order chi connectivity index (χ1) is 9.59. The molecule has 0 bridgehead atoms. The minimum Gasteiger partial charge on any atom is -0.389 e. The van der Waals surface area contributed by atoms with Crippen molar-refractivity contribution in [3.63, 3.8) is 0 Å². The van der Waals surface area contributed by atoms with Gasteiger partial charge in [0.25, 0.3) is 0 Å². The number of aliphatic hydroxyl groups is 1. The predicted molar refractivity (Wildman–Crippen MR) is 76.4 cm³/mol. The topological polar surface area (TPSA) is 58.6 Å². The average molecular weight is 281 g/mol. The molecule has 0 aromatic rings. The quantitative estimate of drug-likeness (QED) is 0.834. The second kappa shape index (κ2) is 5.64. The van der Waals surface area contributed by atoms with Gasteiger partial charge in [0.1, 0.15) is 0 Å². The minimum absolute atomic E-state index is 0.0226. The van der Waals surface area contributed by atoms with Crippen molar-refractivity contribution in [1.82, 2.24) is 5.32 Å². The van der Waals surface area contributed by atoms with E-state index in [1.807, 2.05) is 0 Å². The van der Waals surface area contributed by atoms with E-state index >= 15 is 0 Å². The lowest BCUT2D eigenvalue weighted by Gasteiger charge is -2.38.